The zero-order valence-corrected chi connectivity index (χ0v) is 26.8. The van der Waals surface area contributed by atoms with E-state index in [9.17, 15) is 14.7 Å². The van der Waals surface area contributed by atoms with Gasteiger partial charge in [0, 0.05) is 23.6 Å². The molecular formula is C36H45N5O4. The number of hydrazine groups is 1. The highest BCUT2D eigenvalue weighted by atomic mass is 16.6. The Bertz CT molecular complexity index is 1590. The van der Waals surface area contributed by atoms with Crippen molar-refractivity contribution in [2.24, 2.45) is 0 Å². The van der Waals surface area contributed by atoms with Gasteiger partial charge in [0.1, 0.15) is 11.6 Å². The van der Waals surface area contributed by atoms with E-state index in [0.29, 0.717) is 19.4 Å². The first-order valence-corrected chi connectivity index (χ1v) is 15.6. The zero-order chi connectivity index (χ0) is 32.2. The molecule has 2 heterocycles. The number of hydrogen-bond donors (Lipinski definition) is 4. The summed E-state index contributed by atoms with van der Waals surface area (Å²) in [5.41, 5.74) is 5.51. The quantitative estimate of drug-likeness (QED) is 0.0887. The van der Waals surface area contributed by atoms with E-state index >= 15 is 0 Å². The lowest BCUT2D eigenvalue weighted by Gasteiger charge is -2.39. The Hall–Kier alpha value is -4.02. The Kier molecular flexibility index (Phi) is 9.74. The number of carboxylic acids is 1. The second-order valence-corrected chi connectivity index (χ2v) is 13.1. The van der Waals surface area contributed by atoms with E-state index in [1.165, 1.54) is 5.56 Å². The van der Waals surface area contributed by atoms with E-state index in [1.54, 1.807) is 11.9 Å². The highest BCUT2D eigenvalue weighted by Crippen LogP contribution is 2.33. The van der Waals surface area contributed by atoms with Gasteiger partial charge >= 0.3 is 11.9 Å². The molecule has 1 aliphatic rings. The minimum atomic E-state index is -1.43. The van der Waals surface area contributed by atoms with Crippen LogP contribution >= 0.6 is 0 Å². The number of aromatic amines is 1. The smallest absolute Gasteiger partial charge is 0.342 e. The number of aryl methyl sites for hydroxylation is 1. The number of nitrogens with zero attached hydrogens (tertiary/aromatic N) is 2. The highest BCUT2D eigenvalue weighted by Gasteiger charge is 2.57. The fourth-order valence-corrected chi connectivity index (χ4v) is 5.89. The van der Waals surface area contributed by atoms with Crippen molar-refractivity contribution in [3.05, 3.63) is 108 Å². The maximum absolute atomic E-state index is 14.0. The number of para-hydroxylation sites is 1. The van der Waals surface area contributed by atoms with E-state index in [2.05, 4.69) is 44.9 Å². The second kappa shape index (κ2) is 13.5. The highest BCUT2D eigenvalue weighted by molar-refractivity contribution is 5.84. The maximum Gasteiger partial charge on any atom is 0.342 e. The number of aliphatic carboxylic acids is 1. The summed E-state index contributed by atoms with van der Waals surface area (Å²) < 4.78 is 5.93. The number of hydrogen-bond acceptors (Lipinski definition) is 7. The van der Waals surface area contributed by atoms with Gasteiger partial charge in [-0.1, -0.05) is 78.9 Å². The van der Waals surface area contributed by atoms with Crippen molar-refractivity contribution in [2.75, 3.05) is 7.05 Å². The molecule has 4 N–H and O–H groups in total. The lowest BCUT2D eigenvalue weighted by Crippen LogP contribution is -2.68. The van der Waals surface area contributed by atoms with Gasteiger partial charge in [-0.25, -0.2) is 15.2 Å². The van der Waals surface area contributed by atoms with E-state index < -0.39 is 29.2 Å². The third-order valence-corrected chi connectivity index (χ3v) is 8.26. The molecule has 3 aromatic carbocycles. The van der Waals surface area contributed by atoms with Gasteiger partial charge < -0.3 is 14.8 Å². The van der Waals surface area contributed by atoms with Crippen molar-refractivity contribution in [2.45, 2.75) is 83.0 Å². The van der Waals surface area contributed by atoms with Gasteiger partial charge in [0.15, 0.2) is 5.66 Å². The number of carboxylic acid groups (broad SMARTS) is 1. The standard InChI is InChI=1S/C36H45N5O4/c1-35(2,3)45-34(44)36(4,39-41-30(32(41)33(42)43)22-27-23-37-29-19-13-12-18-28(27)29)38-31(21-20-25-14-8-6-9-15-25)40(5)24-26-16-10-7-11-17-26/h6-19,23,30-32,37-39H,20-22,24H2,1-5H3,(H,42,43)/t30-,31-,32-,36-,41?/m0/s1. The molecule has 45 heavy (non-hydrogen) atoms. The van der Waals surface area contributed by atoms with E-state index in [-0.39, 0.29) is 12.2 Å². The summed E-state index contributed by atoms with van der Waals surface area (Å²) in [7, 11) is 2.03. The average Bonchev–Trinajstić information content (AvgIpc) is 3.51. The Balaban J connectivity index is 1.41. The fraction of sp³-hybridized carbons (Fsp3) is 0.389. The maximum atomic E-state index is 14.0. The van der Waals surface area contributed by atoms with Gasteiger partial charge in [0.25, 0.3) is 0 Å². The number of esters is 1. The van der Waals surface area contributed by atoms with Crippen LogP contribution in [0.1, 0.15) is 50.8 Å². The molecule has 1 fully saturated rings. The molecule has 0 spiro atoms. The van der Waals surface area contributed by atoms with Gasteiger partial charge in [-0.2, -0.15) is 0 Å². The van der Waals surface area contributed by atoms with Crippen LogP contribution in [0.4, 0.5) is 0 Å². The SMILES string of the molecule is CN(Cc1ccccc1)[C@@H](CCc1ccccc1)N[C@@](C)(NN1[C@H](C(=O)O)[C@@H]1Cc1c[nH]c2ccccc12)C(=O)OC(C)(C)C. The molecule has 0 aliphatic carbocycles. The van der Waals surface area contributed by atoms with Crippen molar-refractivity contribution >= 4 is 22.8 Å². The number of nitrogens with one attached hydrogen (secondary N) is 3. The van der Waals surface area contributed by atoms with E-state index in [4.69, 9.17) is 4.74 Å². The third kappa shape index (κ3) is 8.18. The van der Waals surface area contributed by atoms with Gasteiger partial charge in [-0.05, 0) is 76.8 Å². The molecule has 0 amide bonds. The van der Waals surface area contributed by atoms with Crippen molar-refractivity contribution in [1.82, 2.24) is 25.6 Å². The van der Waals surface area contributed by atoms with Crippen molar-refractivity contribution in [3.8, 4) is 0 Å². The fourth-order valence-electron chi connectivity index (χ4n) is 5.89. The van der Waals surface area contributed by atoms with E-state index in [1.807, 2.05) is 94.7 Å². The zero-order valence-electron chi connectivity index (χ0n) is 26.8. The van der Waals surface area contributed by atoms with Crippen molar-refractivity contribution in [1.29, 1.82) is 0 Å². The monoisotopic (exact) mass is 611 g/mol. The summed E-state index contributed by atoms with van der Waals surface area (Å²) >= 11 is 0. The average molecular weight is 612 g/mol. The van der Waals surface area contributed by atoms with Crippen LogP contribution in [0.5, 0.6) is 0 Å². The molecule has 5 rings (SSSR count). The molecule has 9 heteroatoms. The number of aromatic nitrogens is 1. The Morgan fingerprint density at radius 2 is 1.58 bits per heavy atom. The number of carbonyl (C=O) groups is 2. The second-order valence-electron chi connectivity index (χ2n) is 13.1. The number of carbonyl (C=O) groups excluding carboxylic acids is 1. The topological polar surface area (TPSA) is 110 Å². The van der Waals surface area contributed by atoms with Crippen LogP contribution in [0.15, 0.2) is 91.1 Å². The first-order chi connectivity index (χ1) is 21.4. The molecule has 9 nitrogen and oxygen atoms in total. The number of benzene rings is 3. The normalized spacial score (nSPS) is 20.1. The molecule has 238 valence electrons. The van der Waals surface area contributed by atoms with Crippen LogP contribution in [-0.2, 0) is 33.7 Å². The Labute approximate surface area is 265 Å². The summed E-state index contributed by atoms with van der Waals surface area (Å²) in [4.78, 5) is 31.8. The van der Waals surface area contributed by atoms with Crippen LogP contribution in [0.3, 0.4) is 0 Å². The van der Waals surface area contributed by atoms with Crippen molar-refractivity contribution < 1.29 is 19.4 Å². The lowest BCUT2D eigenvalue weighted by molar-refractivity contribution is -0.168. The summed E-state index contributed by atoms with van der Waals surface area (Å²) in [6, 6.07) is 27.3. The van der Waals surface area contributed by atoms with Gasteiger partial charge in [-0.15, -0.1) is 0 Å². The predicted octanol–water partition coefficient (Wildman–Crippen LogP) is 5.09. The molecule has 1 aliphatic heterocycles. The summed E-state index contributed by atoms with van der Waals surface area (Å²) in [5.74, 6) is -1.45. The number of fused-ring (bicyclic) bond motifs is 1. The van der Waals surface area contributed by atoms with Gasteiger partial charge in [0.2, 0.25) is 0 Å². The molecule has 1 aromatic heterocycles. The molecule has 1 unspecified atom stereocenters. The third-order valence-electron chi connectivity index (χ3n) is 8.26. The number of ether oxygens (including phenoxy) is 1. The molecule has 4 aromatic rings. The first-order valence-electron chi connectivity index (χ1n) is 15.6. The van der Waals surface area contributed by atoms with E-state index in [0.717, 1.165) is 28.5 Å². The Morgan fingerprint density at radius 3 is 2.22 bits per heavy atom. The number of H-pyrrole nitrogens is 1. The molecular weight excluding hydrogens is 566 g/mol. The summed E-state index contributed by atoms with van der Waals surface area (Å²) in [6.45, 7) is 7.89. The van der Waals surface area contributed by atoms with Crippen molar-refractivity contribution in [3.63, 3.8) is 0 Å². The summed E-state index contributed by atoms with van der Waals surface area (Å²) in [5, 5.41) is 16.5. The first kappa shape index (κ1) is 32.4. The molecule has 5 atom stereocenters. The van der Waals surface area contributed by atoms with Crippen LogP contribution in [0.2, 0.25) is 0 Å². The van der Waals surface area contributed by atoms with Crippen LogP contribution in [-0.4, -0.2) is 68.5 Å². The largest absolute Gasteiger partial charge is 0.480 e. The molecule has 1 saturated heterocycles. The predicted molar refractivity (Wildman–Crippen MR) is 176 cm³/mol. The van der Waals surface area contributed by atoms with Crippen LogP contribution < -0.4 is 10.7 Å². The minimum absolute atomic E-state index is 0.259. The van der Waals surface area contributed by atoms with Crippen LogP contribution in [0.25, 0.3) is 10.9 Å². The molecule has 0 bridgehead atoms. The Morgan fingerprint density at radius 1 is 0.956 bits per heavy atom. The minimum Gasteiger partial charge on any atom is -0.480 e. The number of rotatable bonds is 14. The molecule has 0 radical (unpaired) electrons. The van der Waals surface area contributed by atoms with Gasteiger partial charge in [-0.3, -0.25) is 15.0 Å². The lowest BCUT2D eigenvalue weighted by atomic mass is 10.1. The van der Waals surface area contributed by atoms with Crippen LogP contribution in [0, 0.1) is 0 Å². The summed E-state index contributed by atoms with van der Waals surface area (Å²) in [6.07, 6.45) is 3.67. The molecule has 0 saturated carbocycles. The van der Waals surface area contributed by atoms with Gasteiger partial charge in [0.05, 0.1) is 12.2 Å².